The van der Waals surface area contributed by atoms with Crippen molar-refractivity contribution < 1.29 is 0 Å². The number of nitrogens with zero attached hydrogens (tertiary/aromatic N) is 2. The molecule has 0 N–H and O–H groups in total. The normalized spacial score (nSPS) is 12.4. The number of benzene rings is 14. The second-order valence-corrected chi connectivity index (χ2v) is 23.5. The van der Waals surface area contributed by atoms with Gasteiger partial charge in [0.25, 0.3) is 6.71 Å². The lowest BCUT2D eigenvalue weighted by Gasteiger charge is -2.45. The summed E-state index contributed by atoms with van der Waals surface area (Å²) in [5.74, 6) is 0. The van der Waals surface area contributed by atoms with Crippen molar-refractivity contribution in [3.05, 3.63) is 415 Å². The molecule has 0 atom stereocenters. The summed E-state index contributed by atoms with van der Waals surface area (Å²) in [6.07, 6.45) is 0. The van der Waals surface area contributed by atoms with Gasteiger partial charge in [0.2, 0.25) is 0 Å². The van der Waals surface area contributed by atoms with E-state index in [1.165, 1.54) is 83.1 Å². The molecule has 0 bridgehead atoms. The molecule has 2 aliphatic rings. The molecule has 2 nitrogen and oxygen atoms in total. The Morgan fingerprint density at radius 2 is 0.427 bits per heavy atom. The number of hydrogen-bond donors (Lipinski definition) is 0. The van der Waals surface area contributed by atoms with E-state index in [0.29, 0.717) is 0 Å². The summed E-state index contributed by atoms with van der Waals surface area (Å²) in [7, 11) is 0. The average Bonchev–Trinajstić information content (AvgIpc) is 0.783. The van der Waals surface area contributed by atoms with Gasteiger partial charge in [-0.2, -0.15) is 0 Å². The van der Waals surface area contributed by atoms with Crippen LogP contribution in [-0.4, -0.2) is 6.71 Å². The third-order valence-electron chi connectivity index (χ3n) is 18.8. The molecule has 2 heterocycles. The average molecular weight is 1130 g/mol. The molecule has 0 amide bonds. The Hall–Kier alpha value is -11.3. The Bertz CT molecular complexity index is 4300. The van der Waals surface area contributed by atoms with Crippen LogP contribution in [0.4, 0.5) is 34.1 Å². The molecule has 418 valence electrons. The first kappa shape index (κ1) is 53.2. The Labute approximate surface area is 522 Å². The van der Waals surface area contributed by atoms with Gasteiger partial charge in [-0.05, 0) is 143 Å². The Balaban J connectivity index is 0.957. The van der Waals surface area contributed by atoms with E-state index in [2.05, 4.69) is 380 Å². The minimum absolute atomic E-state index is 0.112. The van der Waals surface area contributed by atoms with Gasteiger partial charge < -0.3 is 9.80 Å². The van der Waals surface area contributed by atoms with E-state index in [0.717, 1.165) is 45.3 Å². The topological polar surface area (TPSA) is 6.48 Å². The molecular formula is C86H61BN2. The van der Waals surface area contributed by atoms with Gasteiger partial charge in [0.05, 0.1) is 10.8 Å². The summed E-state index contributed by atoms with van der Waals surface area (Å²) in [4.78, 5) is 5.14. The van der Waals surface area contributed by atoms with Crippen LogP contribution in [-0.2, 0) is 10.8 Å². The van der Waals surface area contributed by atoms with Crippen LogP contribution in [0.15, 0.2) is 370 Å². The fourth-order valence-corrected chi connectivity index (χ4v) is 14.8. The van der Waals surface area contributed by atoms with Crippen LogP contribution in [0.1, 0.15) is 44.5 Å². The molecule has 14 aromatic carbocycles. The first-order valence-electron chi connectivity index (χ1n) is 30.9. The second-order valence-electron chi connectivity index (χ2n) is 23.5. The fraction of sp³-hybridized carbons (Fsp3) is 0.0233. The van der Waals surface area contributed by atoms with Crippen LogP contribution < -0.4 is 26.2 Å². The third kappa shape index (κ3) is 8.96. The highest BCUT2D eigenvalue weighted by Gasteiger charge is 2.45. The highest BCUT2D eigenvalue weighted by atomic mass is 15.2. The van der Waals surface area contributed by atoms with Crippen LogP contribution in [0.25, 0.3) is 33.4 Å². The Morgan fingerprint density at radius 3 is 0.708 bits per heavy atom. The van der Waals surface area contributed by atoms with E-state index in [1.54, 1.807) is 0 Å². The molecule has 0 aromatic heterocycles. The predicted octanol–water partition coefficient (Wildman–Crippen LogP) is 19.5. The number of anilines is 6. The molecule has 0 fully saturated rings. The SMILES string of the molecule is c1ccc(-c2ccc3c(c2)N(c2ccc(C(c4ccccc4)(c4ccccc4)c4ccccc4)cc2)c2cc(-c4ccccc4)cc4c2B3c2ccc(-c3ccccc3)cc2N4c2ccc(C(c3ccccc3)(c3ccccc3)c3ccccc3)cc2)cc1. The van der Waals surface area contributed by atoms with E-state index >= 15 is 0 Å². The minimum atomic E-state index is -0.610. The molecule has 2 aliphatic heterocycles. The number of hydrogen-bond acceptors (Lipinski definition) is 2. The molecule has 0 saturated heterocycles. The quantitative estimate of drug-likeness (QED) is 0.0839. The first-order chi connectivity index (χ1) is 44.2. The molecule has 0 spiro atoms. The second kappa shape index (κ2) is 22.5. The maximum Gasteiger partial charge on any atom is 0.252 e. The lowest BCUT2D eigenvalue weighted by molar-refractivity contribution is 0.745. The first-order valence-corrected chi connectivity index (χ1v) is 30.9. The highest BCUT2D eigenvalue weighted by Crippen LogP contribution is 2.51. The largest absolute Gasteiger partial charge is 0.311 e. The van der Waals surface area contributed by atoms with Crippen LogP contribution >= 0.6 is 0 Å². The lowest BCUT2D eigenvalue weighted by Crippen LogP contribution is -2.61. The van der Waals surface area contributed by atoms with Gasteiger partial charge in [-0.1, -0.05) is 322 Å². The van der Waals surface area contributed by atoms with Gasteiger partial charge >= 0.3 is 0 Å². The van der Waals surface area contributed by atoms with Gasteiger partial charge in [0, 0.05) is 34.1 Å². The summed E-state index contributed by atoms with van der Waals surface area (Å²) in [6.45, 7) is -0.112. The van der Waals surface area contributed by atoms with E-state index in [-0.39, 0.29) is 6.71 Å². The van der Waals surface area contributed by atoms with Gasteiger partial charge in [-0.25, -0.2) is 0 Å². The molecule has 16 rings (SSSR count). The summed E-state index contributed by atoms with van der Waals surface area (Å²) in [5.41, 5.74) is 25.9. The molecule has 0 radical (unpaired) electrons. The summed E-state index contributed by atoms with van der Waals surface area (Å²) in [6, 6.07) is 137. The Kier molecular flexibility index (Phi) is 13.5. The van der Waals surface area contributed by atoms with Crippen LogP contribution in [0, 0.1) is 0 Å². The van der Waals surface area contributed by atoms with Gasteiger partial charge in [-0.15, -0.1) is 0 Å². The zero-order valence-corrected chi connectivity index (χ0v) is 49.2. The molecule has 3 heteroatoms. The molecule has 89 heavy (non-hydrogen) atoms. The van der Waals surface area contributed by atoms with Crippen molar-refractivity contribution in [2.45, 2.75) is 10.8 Å². The van der Waals surface area contributed by atoms with Crippen molar-refractivity contribution in [3.63, 3.8) is 0 Å². The van der Waals surface area contributed by atoms with Crippen LogP contribution in [0.5, 0.6) is 0 Å². The van der Waals surface area contributed by atoms with Crippen molar-refractivity contribution in [1.82, 2.24) is 0 Å². The molecule has 0 unspecified atom stereocenters. The zero-order chi connectivity index (χ0) is 59.1. The van der Waals surface area contributed by atoms with Gasteiger partial charge in [-0.3, -0.25) is 0 Å². The van der Waals surface area contributed by atoms with Crippen molar-refractivity contribution in [2.75, 3.05) is 9.80 Å². The van der Waals surface area contributed by atoms with Gasteiger partial charge in [0.15, 0.2) is 0 Å². The standard InChI is InChI=1S/C86H61BN2/c1-10-28-62(29-11-1)65-46-56-78-80(58-65)88(76-52-48-74(49-53-76)85(68-34-16-4-17-35-68,69-36-18-5-19-37-69)70-38-20-6-21-39-70)82-60-67(64-32-14-3-15-33-64)61-83-84(82)87(78)79-57-47-66(63-30-12-2-13-31-63)59-81(79)89(83)77-54-50-75(51-55-77)86(71-40-22-7-23-41-71,72-42-24-8-25-43-72)73-44-26-9-27-45-73/h1-61H. The van der Waals surface area contributed by atoms with Crippen LogP contribution in [0.3, 0.4) is 0 Å². The maximum absolute atomic E-state index is 2.57. The van der Waals surface area contributed by atoms with E-state index in [4.69, 9.17) is 0 Å². The van der Waals surface area contributed by atoms with E-state index < -0.39 is 10.8 Å². The summed E-state index contributed by atoms with van der Waals surface area (Å²) in [5, 5.41) is 0. The minimum Gasteiger partial charge on any atom is -0.311 e. The molecular weight excluding hydrogens is 1070 g/mol. The molecule has 0 aliphatic carbocycles. The highest BCUT2D eigenvalue weighted by molar-refractivity contribution is 7.00. The van der Waals surface area contributed by atoms with Crippen LogP contribution in [0.2, 0.25) is 0 Å². The monoisotopic (exact) mass is 1130 g/mol. The summed E-state index contributed by atoms with van der Waals surface area (Å²) < 4.78 is 0. The van der Waals surface area contributed by atoms with Crippen molar-refractivity contribution >= 4 is 57.2 Å². The molecule has 0 saturated carbocycles. The van der Waals surface area contributed by atoms with E-state index in [1.807, 2.05) is 0 Å². The third-order valence-corrected chi connectivity index (χ3v) is 18.8. The zero-order valence-electron chi connectivity index (χ0n) is 49.2. The number of fused-ring (bicyclic) bond motifs is 4. The molecule has 14 aromatic rings. The maximum atomic E-state index is 2.57. The predicted molar refractivity (Wildman–Crippen MR) is 373 cm³/mol. The van der Waals surface area contributed by atoms with E-state index in [9.17, 15) is 0 Å². The van der Waals surface area contributed by atoms with Crippen molar-refractivity contribution in [2.24, 2.45) is 0 Å². The van der Waals surface area contributed by atoms with Gasteiger partial charge in [0.1, 0.15) is 0 Å². The summed E-state index contributed by atoms with van der Waals surface area (Å²) >= 11 is 0. The number of rotatable bonds is 13. The van der Waals surface area contributed by atoms with Crippen molar-refractivity contribution in [3.8, 4) is 33.4 Å². The van der Waals surface area contributed by atoms with Crippen molar-refractivity contribution in [1.29, 1.82) is 0 Å². The fourth-order valence-electron chi connectivity index (χ4n) is 14.8. The smallest absolute Gasteiger partial charge is 0.252 e. The Morgan fingerprint density at radius 1 is 0.191 bits per heavy atom. The lowest BCUT2D eigenvalue weighted by atomic mass is 9.33.